The molecule has 0 saturated carbocycles. The van der Waals surface area contributed by atoms with Crippen LogP contribution in [0.2, 0.25) is 0 Å². The highest BCUT2D eigenvalue weighted by Crippen LogP contribution is 2.32. The van der Waals surface area contributed by atoms with Crippen molar-refractivity contribution in [3.05, 3.63) is 17.7 Å². The largest absolute Gasteiger partial charge is 0.476 e. The molecule has 0 amide bonds. The predicted octanol–water partition coefficient (Wildman–Crippen LogP) is 2.62. The molecule has 112 valence electrons. The standard InChI is InChI=1S/C13H18F3N3O/c1-17-11-8-10(13(14,15)16)9-12(18-11)20-7-6-19-4-2-3-5-19/h8-9H,2-7H2,1H3,(H,17,18). The molecular formula is C13H18F3N3O. The Hall–Kier alpha value is -1.50. The number of aromatic nitrogens is 1. The van der Waals surface area contributed by atoms with Gasteiger partial charge in [0.2, 0.25) is 5.88 Å². The van der Waals surface area contributed by atoms with Gasteiger partial charge in [-0.3, -0.25) is 4.90 Å². The summed E-state index contributed by atoms with van der Waals surface area (Å²) in [6.07, 6.45) is -2.06. The summed E-state index contributed by atoms with van der Waals surface area (Å²) < 4.78 is 43.6. The van der Waals surface area contributed by atoms with Gasteiger partial charge in [0.1, 0.15) is 12.4 Å². The Kier molecular flexibility index (Phi) is 4.69. The number of nitrogens with one attached hydrogen (secondary N) is 1. The van der Waals surface area contributed by atoms with E-state index < -0.39 is 11.7 Å². The van der Waals surface area contributed by atoms with Gasteiger partial charge in [-0.25, -0.2) is 0 Å². The topological polar surface area (TPSA) is 37.4 Å². The van der Waals surface area contributed by atoms with E-state index in [0.717, 1.165) is 25.2 Å². The van der Waals surface area contributed by atoms with E-state index in [-0.39, 0.29) is 11.7 Å². The number of rotatable bonds is 5. The van der Waals surface area contributed by atoms with Crippen molar-refractivity contribution in [2.45, 2.75) is 19.0 Å². The van der Waals surface area contributed by atoms with Crippen LogP contribution in [0.1, 0.15) is 18.4 Å². The summed E-state index contributed by atoms with van der Waals surface area (Å²) in [5, 5.41) is 2.61. The summed E-state index contributed by atoms with van der Waals surface area (Å²) in [6.45, 7) is 3.12. The first kappa shape index (κ1) is 14.9. The lowest BCUT2D eigenvalue weighted by molar-refractivity contribution is -0.137. The maximum atomic E-state index is 12.7. The molecule has 7 heteroatoms. The van der Waals surface area contributed by atoms with Crippen LogP contribution in [0.5, 0.6) is 5.88 Å². The maximum Gasteiger partial charge on any atom is 0.416 e. The highest BCUT2D eigenvalue weighted by atomic mass is 19.4. The monoisotopic (exact) mass is 289 g/mol. The number of halogens is 3. The van der Waals surface area contributed by atoms with Crippen LogP contribution in [0.15, 0.2) is 12.1 Å². The first-order valence-corrected chi connectivity index (χ1v) is 6.61. The molecule has 0 spiro atoms. The zero-order chi connectivity index (χ0) is 14.6. The van der Waals surface area contributed by atoms with Crippen LogP contribution in [0, 0.1) is 0 Å². The fourth-order valence-electron chi connectivity index (χ4n) is 2.16. The Bertz CT molecular complexity index is 445. The fraction of sp³-hybridized carbons (Fsp3) is 0.615. The van der Waals surface area contributed by atoms with E-state index in [1.165, 1.54) is 19.9 Å². The van der Waals surface area contributed by atoms with Crippen LogP contribution in [-0.2, 0) is 6.18 Å². The van der Waals surface area contributed by atoms with E-state index in [9.17, 15) is 13.2 Å². The van der Waals surface area contributed by atoms with Crippen molar-refractivity contribution in [2.75, 3.05) is 38.6 Å². The first-order chi connectivity index (χ1) is 9.49. The third kappa shape index (κ3) is 4.00. The molecule has 0 aromatic carbocycles. The normalized spacial score (nSPS) is 16.4. The summed E-state index contributed by atoms with van der Waals surface area (Å²) in [7, 11) is 1.52. The highest BCUT2D eigenvalue weighted by molar-refractivity contribution is 5.42. The summed E-state index contributed by atoms with van der Waals surface area (Å²) >= 11 is 0. The van der Waals surface area contributed by atoms with E-state index in [1.807, 2.05) is 0 Å². The molecule has 1 saturated heterocycles. The van der Waals surface area contributed by atoms with Crippen molar-refractivity contribution in [1.82, 2.24) is 9.88 Å². The van der Waals surface area contributed by atoms with Crippen LogP contribution in [0.25, 0.3) is 0 Å². The molecular weight excluding hydrogens is 271 g/mol. The van der Waals surface area contributed by atoms with Crippen LogP contribution < -0.4 is 10.1 Å². The molecule has 1 N–H and O–H groups in total. The minimum atomic E-state index is -4.40. The molecule has 1 fully saturated rings. The van der Waals surface area contributed by atoms with E-state index in [1.54, 1.807) is 0 Å². The maximum absolute atomic E-state index is 12.7. The number of anilines is 1. The van der Waals surface area contributed by atoms with Crippen molar-refractivity contribution in [1.29, 1.82) is 0 Å². The molecule has 1 aliphatic heterocycles. The minimum absolute atomic E-state index is 0.00312. The van der Waals surface area contributed by atoms with E-state index in [2.05, 4.69) is 15.2 Å². The van der Waals surface area contributed by atoms with Gasteiger partial charge in [0.05, 0.1) is 5.56 Å². The van der Waals surface area contributed by atoms with Crippen molar-refractivity contribution in [3.8, 4) is 5.88 Å². The second-order valence-corrected chi connectivity index (χ2v) is 4.72. The van der Waals surface area contributed by atoms with Crippen LogP contribution in [-0.4, -0.2) is 43.2 Å². The van der Waals surface area contributed by atoms with Crippen LogP contribution in [0.3, 0.4) is 0 Å². The van der Waals surface area contributed by atoms with Crippen LogP contribution in [0.4, 0.5) is 19.0 Å². The molecule has 0 bridgehead atoms. The van der Waals surface area contributed by atoms with E-state index in [4.69, 9.17) is 4.74 Å². The molecule has 1 aliphatic rings. The first-order valence-electron chi connectivity index (χ1n) is 6.61. The summed E-state index contributed by atoms with van der Waals surface area (Å²) in [6, 6.07) is 1.90. The summed E-state index contributed by atoms with van der Waals surface area (Å²) in [5.41, 5.74) is -0.756. The molecule has 20 heavy (non-hydrogen) atoms. The molecule has 0 atom stereocenters. The quantitative estimate of drug-likeness (QED) is 0.904. The zero-order valence-corrected chi connectivity index (χ0v) is 11.3. The van der Waals surface area contributed by atoms with Crippen molar-refractivity contribution >= 4 is 5.82 Å². The van der Waals surface area contributed by atoms with Crippen LogP contribution >= 0.6 is 0 Å². The number of alkyl halides is 3. The summed E-state index contributed by atoms with van der Waals surface area (Å²) in [5.74, 6) is 0.152. The number of pyridine rings is 1. The van der Waals surface area contributed by atoms with Gasteiger partial charge >= 0.3 is 6.18 Å². The van der Waals surface area contributed by atoms with Gasteiger partial charge in [0.15, 0.2) is 0 Å². The van der Waals surface area contributed by atoms with Gasteiger partial charge < -0.3 is 10.1 Å². The Morgan fingerprint density at radius 3 is 2.60 bits per heavy atom. The number of hydrogen-bond donors (Lipinski definition) is 1. The molecule has 0 unspecified atom stereocenters. The second kappa shape index (κ2) is 6.30. The average molecular weight is 289 g/mol. The van der Waals surface area contributed by atoms with Gasteiger partial charge in [0.25, 0.3) is 0 Å². The highest BCUT2D eigenvalue weighted by Gasteiger charge is 2.31. The minimum Gasteiger partial charge on any atom is -0.476 e. The Balaban J connectivity index is 1.98. The van der Waals surface area contributed by atoms with Gasteiger partial charge in [-0.2, -0.15) is 18.2 Å². The van der Waals surface area contributed by atoms with Crippen molar-refractivity contribution < 1.29 is 17.9 Å². The van der Waals surface area contributed by atoms with E-state index in [0.29, 0.717) is 13.2 Å². The molecule has 2 rings (SSSR count). The molecule has 0 aliphatic carbocycles. The van der Waals surface area contributed by atoms with Crippen molar-refractivity contribution in [2.24, 2.45) is 0 Å². The third-order valence-corrected chi connectivity index (χ3v) is 3.24. The fourth-order valence-corrected chi connectivity index (χ4v) is 2.16. The number of ether oxygens (including phenoxy) is 1. The van der Waals surface area contributed by atoms with Gasteiger partial charge in [-0.1, -0.05) is 0 Å². The Morgan fingerprint density at radius 1 is 1.30 bits per heavy atom. The lowest BCUT2D eigenvalue weighted by atomic mass is 10.2. The van der Waals surface area contributed by atoms with Gasteiger partial charge in [-0.05, 0) is 32.0 Å². The molecule has 1 aromatic heterocycles. The lowest BCUT2D eigenvalue weighted by Crippen LogP contribution is -2.25. The second-order valence-electron chi connectivity index (χ2n) is 4.72. The van der Waals surface area contributed by atoms with Gasteiger partial charge in [0, 0.05) is 19.7 Å². The number of hydrogen-bond acceptors (Lipinski definition) is 4. The number of nitrogens with zero attached hydrogens (tertiary/aromatic N) is 2. The van der Waals surface area contributed by atoms with Crippen molar-refractivity contribution in [3.63, 3.8) is 0 Å². The zero-order valence-electron chi connectivity index (χ0n) is 11.3. The number of likely N-dealkylation sites (tertiary alicyclic amines) is 1. The molecule has 4 nitrogen and oxygen atoms in total. The molecule has 0 radical (unpaired) electrons. The summed E-state index contributed by atoms with van der Waals surface area (Å²) in [4.78, 5) is 6.21. The Labute approximate surface area is 115 Å². The van der Waals surface area contributed by atoms with E-state index >= 15 is 0 Å². The average Bonchev–Trinajstić information content (AvgIpc) is 2.90. The predicted molar refractivity (Wildman–Crippen MR) is 70.0 cm³/mol. The lowest BCUT2D eigenvalue weighted by Gasteiger charge is -2.16. The Morgan fingerprint density at radius 2 is 2.00 bits per heavy atom. The van der Waals surface area contributed by atoms with Gasteiger partial charge in [-0.15, -0.1) is 0 Å². The molecule has 1 aromatic rings. The third-order valence-electron chi connectivity index (χ3n) is 3.24. The molecule has 2 heterocycles. The smallest absolute Gasteiger partial charge is 0.416 e. The SMILES string of the molecule is CNc1cc(C(F)(F)F)cc(OCCN2CCCC2)n1.